The summed E-state index contributed by atoms with van der Waals surface area (Å²) in [4.78, 5) is 0. The van der Waals surface area contributed by atoms with Crippen molar-refractivity contribution in [3.05, 3.63) is 0 Å². The second-order valence-corrected chi connectivity index (χ2v) is 2.68. The van der Waals surface area contributed by atoms with Crippen molar-refractivity contribution in [1.29, 1.82) is 0 Å². The van der Waals surface area contributed by atoms with E-state index in [9.17, 15) is 0 Å². The second kappa shape index (κ2) is 7.98. The van der Waals surface area contributed by atoms with Gasteiger partial charge < -0.3 is 14.9 Å². The Morgan fingerprint density at radius 3 is 2.55 bits per heavy atom. The summed E-state index contributed by atoms with van der Waals surface area (Å²) >= 11 is 0. The van der Waals surface area contributed by atoms with Gasteiger partial charge in [0.25, 0.3) is 0 Å². The molecule has 1 unspecified atom stereocenters. The molecular weight excluding hydrogens is 144 g/mol. The van der Waals surface area contributed by atoms with Crippen LogP contribution in [0.5, 0.6) is 0 Å². The highest BCUT2D eigenvalue weighted by molar-refractivity contribution is 4.44. The molecule has 0 saturated carbocycles. The molecule has 0 bridgehead atoms. The van der Waals surface area contributed by atoms with Gasteiger partial charge >= 0.3 is 0 Å². The van der Waals surface area contributed by atoms with Gasteiger partial charge in [0.2, 0.25) is 0 Å². The molecule has 0 aromatic carbocycles. The minimum Gasteiger partial charge on any atom is -0.396 e. The molecule has 0 aliphatic heterocycles. The summed E-state index contributed by atoms with van der Waals surface area (Å²) < 4.78 is 5.18. The number of ether oxygens (including phenoxy) is 1. The van der Waals surface area contributed by atoms with Crippen LogP contribution in [0.1, 0.15) is 26.2 Å². The lowest BCUT2D eigenvalue weighted by atomic mass is 10.3. The van der Waals surface area contributed by atoms with Gasteiger partial charge in [-0.1, -0.05) is 0 Å². The molecule has 3 nitrogen and oxygen atoms in total. The van der Waals surface area contributed by atoms with E-state index in [1.807, 2.05) is 0 Å². The highest BCUT2D eigenvalue weighted by atomic mass is 16.5. The Balaban J connectivity index is 2.80. The summed E-state index contributed by atoms with van der Waals surface area (Å²) in [6.45, 7) is 3.28. The van der Waals surface area contributed by atoms with Crippen molar-refractivity contribution in [1.82, 2.24) is 0 Å². The average Bonchev–Trinajstić information content (AvgIpc) is 1.96. The topological polar surface area (TPSA) is 49.7 Å². The summed E-state index contributed by atoms with van der Waals surface area (Å²) in [5.74, 6) is 0. The van der Waals surface area contributed by atoms with E-state index in [4.69, 9.17) is 14.9 Å². The van der Waals surface area contributed by atoms with Crippen LogP contribution in [-0.4, -0.2) is 36.1 Å². The fourth-order valence-corrected chi connectivity index (χ4v) is 0.672. The molecule has 0 radical (unpaired) electrons. The van der Waals surface area contributed by atoms with E-state index in [0.717, 1.165) is 12.8 Å². The van der Waals surface area contributed by atoms with Gasteiger partial charge in [-0.05, 0) is 26.2 Å². The van der Waals surface area contributed by atoms with Crippen molar-refractivity contribution in [2.45, 2.75) is 32.3 Å². The maximum absolute atomic E-state index is 8.84. The molecule has 0 aromatic heterocycles. The van der Waals surface area contributed by atoms with E-state index in [0.29, 0.717) is 19.6 Å². The number of rotatable bonds is 7. The molecule has 0 heterocycles. The van der Waals surface area contributed by atoms with Gasteiger partial charge in [0, 0.05) is 19.8 Å². The van der Waals surface area contributed by atoms with E-state index < -0.39 is 0 Å². The largest absolute Gasteiger partial charge is 0.396 e. The first-order valence-corrected chi connectivity index (χ1v) is 4.14. The molecule has 68 valence electrons. The monoisotopic (exact) mass is 162 g/mol. The Morgan fingerprint density at radius 1 is 1.27 bits per heavy atom. The fraction of sp³-hybridized carbons (Fsp3) is 1.00. The van der Waals surface area contributed by atoms with E-state index in [1.54, 1.807) is 6.92 Å². The number of aliphatic hydroxyl groups is 2. The molecule has 1 atom stereocenters. The third kappa shape index (κ3) is 9.88. The van der Waals surface area contributed by atoms with Crippen LogP contribution in [0.3, 0.4) is 0 Å². The first kappa shape index (κ1) is 10.9. The van der Waals surface area contributed by atoms with Crippen LogP contribution in [0.15, 0.2) is 0 Å². The number of hydrogen-bond acceptors (Lipinski definition) is 3. The Bertz CT molecular complexity index is 73.7. The van der Waals surface area contributed by atoms with Crippen molar-refractivity contribution in [2.75, 3.05) is 19.8 Å². The summed E-state index contributed by atoms with van der Waals surface area (Å²) in [7, 11) is 0. The van der Waals surface area contributed by atoms with E-state index >= 15 is 0 Å². The SMILES string of the molecule is CC(O)CCOCCCCO. The van der Waals surface area contributed by atoms with Gasteiger partial charge in [0.1, 0.15) is 0 Å². The molecule has 2 N–H and O–H groups in total. The molecule has 0 spiro atoms. The van der Waals surface area contributed by atoms with Crippen molar-refractivity contribution < 1.29 is 14.9 Å². The van der Waals surface area contributed by atoms with Gasteiger partial charge in [0.15, 0.2) is 0 Å². The zero-order valence-electron chi connectivity index (χ0n) is 7.12. The van der Waals surface area contributed by atoms with Gasteiger partial charge in [-0.2, -0.15) is 0 Å². The van der Waals surface area contributed by atoms with E-state index in [-0.39, 0.29) is 12.7 Å². The van der Waals surface area contributed by atoms with Crippen LogP contribution >= 0.6 is 0 Å². The normalized spacial score (nSPS) is 13.4. The molecule has 0 rings (SSSR count). The van der Waals surface area contributed by atoms with Crippen molar-refractivity contribution in [3.8, 4) is 0 Å². The number of aliphatic hydroxyl groups excluding tert-OH is 2. The number of unbranched alkanes of at least 4 members (excludes halogenated alkanes) is 1. The fourth-order valence-electron chi connectivity index (χ4n) is 0.672. The molecule has 11 heavy (non-hydrogen) atoms. The van der Waals surface area contributed by atoms with Crippen molar-refractivity contribution in [3.63, 3.8) is 0 Å². The van der Waals surface area contributed by atoms with Gasteiger partial charge in [0.05, 0.1) is 6.10 Å². The van der Waals surface area contributed by atoms with Crippen LogP contribution < -0.4 is 0 Å². The Labute approximate surface area is 68.0 Å². The molecule has 0 aliphatic rings. The van der Waals surface area contributed by atoms with Crippen LogP contribution in [-0.2, 0) is 4.74 Å². The molecule has 3 heteroatoms. The summed E-state index contributed by atoms with van der Waals surface area (Å²) in [6, 6.07) is 0. The van der Waals surface area contributed by atoms with Crippen LogP contribution in [0, 0.1) is 0 Å². The van der Waals surface area contributed by atoms with Crippen LogP contribution in [0.2, 0.25) is 0 Å². The van der Waals surface area contributed by atoms with E-state index in [1.165, 1.54) is 0 Å². The Kier molecular flexibility index (Phi) is 7.89. The van der Waals surface area contributed by atoms with Gasteiger partial charge in [-0.3, -0.25) is 0 Å². The average molecular weight is 162 g/mol. The summed E-state index contributed by atoms with van der Waals surface area (Å²) in [5, 5.41) is 17.3. The zero-order valence-corrected chi connectivity index (χ0v) is 7.12. The molecule has 0 saturated heterocycles. The molecular formula is C8H18O3. The number of hydrogen-bond donors (Lipinski definition) is 2. The van der Waals surface area contributed by atoms with Crippen LogP contribution in [0.25, 0.3) is 0 Å². The lowest BCUT2D eigenvalue weighted by molar-refractivity contribution is 0.0849. The Morgan fingerprint density at radius 2 is 2.00 bits per heavy atom. The zero-order chi connectivity index (χ0) is 8.53. The highest BCUT2D eigenvalue weighted by Crippen LogP contribution is 1.93. The molecule has 0 aromatic rings. The molecule has 0 aliphatic carbocycles. The van der Waals surface area contributed by atoms with Crippen LogP contribution in [0.4, 0.5) is 0 Å². The first-order valence-electron chi connectivity index (χ1n) is 4.14. The lowest BCUT2D eigenvalue weighted by Gasteiger charge is -2.04. The molecule has 0 fully saturated rings. The smallest absolute Gasteiger partial charge is 0.0534 e. The third-order valence-corrected chi connectivity index (χ3v) is 1.38. The quantitative estimate of drug-likeness (QED) is 0.537. The predicted octanol–water partition coefficient (Wildman–Crippen LogP) is 0.546. The third-order valence-electron chi connectivity index (χ3n) is 1.38. The van der Waals surface area contributed by atoms with E-state index in [2.05, 4.69) is 0 Å². The van der Waals surface area contributed by atoms with Gasteiger partial charge in [-0.15, -0.1) is 0 Å². The maximum Gasteiger partial charge on any atom is 0.0534 e. The predicted molar refractivity (Wildman–Crippen MR) is 43.4 cm³/mol. The van der Waals surface area contributed by atoms with Gasteiger partial charge in [-0.25, -0.2) is 0 Å². The highest BCUT2D eigenvalue weighted by Gasteiger charge is 1.94. The van der Waals surface area contributed by atoms with Crippen molar-refractivity contribution in [2.24, 2.45) is 0 Å². The Hall–Kier alpha value is -0.120. The molecule has 0 amide bonds. The second-order valence-electron chi connectivity index (χ2n) is 2.68. The van der Waals surface area contributed by atoms with Crippen molar-refractivity contribution >= 4 is 0 Å². The summed E-state index contributed by atoms with van der Waals surface area (Å²) in [5.41, 5.74) is 0. The standard InChI is InChI=1S/C8H18O3/c1-8(10)4-7-11-6-3-2-5-9/h8-10H,2-7H2,1H3. The minimum atomic E-state index is -0.271. The first-order chi connectivity index (χ1) is 5.27. The maximum atomic E-state index is 8.84. The summed E-state index contributed by atoms with van der Waals surface area (Å²) in [6.07, 6.45) is 2.12. The lowest BCUT2D eigenvalue weighted by Crippen LogP contribution is -2.06. The minimum absolute atomic E-state index is 0.236.